The summed E-state index contributed by atoms with van der Waals surface area (Å²) in [6.45, 7) is 3.75. The van der Waals surface area contributed by atoms with E-state index in [9.17, 15) is 8.42 Å². The smallest absolute Gasteiger partial charge is 0.243 e. The largest absolute Gasteiger partial charge is 0.497 e. The predicted octanol–water partition coefficient (Wildman–Crippen LogP) is 2.97. The van der Waals surface area contributed by atoms with Crippen molar-refractivity contribution in [2.75, 3.05) is 20.2 Å². The molecule has 152 valence electrons. The number of hydrogen-bond acceptors (Lipinski definition) is 5. The number of pyridine rings is 1. The van der Waals surface area contributed by atoms with Crippen LogP contribution in [0, 0.1) is 12.8 Å². The maximum atomic E-state index is 13.0. The Morgan fingerprint density at radius 3 is 2.83 bits per heavy atom. The standard InChI is InChI=1S/C21H24N4O3S/c1-16-12-23-21(18-5-4-9-22-13-18)25(16)15-17-8-10-24(14-17)29(26,27)20-7-3-6-19(11-20)28-2/h3-7,9,11-13,17H,8,10,14-15H2,1-2H3. The van der Waals surface area contributed by atoms with Crippen LogP contribution >= 0.6 is 0 Å². The number of sulfonamides is 1. The zero-order valence-corrected chi connectivity index (χ0v) is 17.3. The predicted molar refractivity (Wildman–Crippen MR) is 110 cm³/mol. The molecule has 8 heteroatoms. The van der Waals surface area contributed by atoms with Gasteiger partial charge in [0.15, 0.2) is 0 Å². The molecule has 0 amide bonds. The molecule has 1 unspecified atom stereocenters. The second-order valence-electron chi connectivity index (χ2n) is 7.27. The number of hydrogen-bond donors (Lipinski definition) is 0. The number of methoxy groups -OCH3 is 1. The highest BCUT2D eigenvalue weighted by Crippen LogP contribution is 2.29. The van der Waals surface area contributed by atoms with Gasteiger partial charge in [-0.25, -0.2) is 13.4 Å². The molecule has 0 radical (unpaired) electrons. The topological polar surface area (TPSA) is 77.3 Å². The molecule has 7 nitrogen and oxygen atoms in total. The Morgan fingerprint density at radius 2 is 2.07 bits per heavy atom. The van der Waals surface area contributed by atoms with Crippen molar-refractivity contribution in [1.29, 1.82) is 0 Å². The Labute approximate surface area is 171 Å². The molecule has 0 N–H and O–H groups in total. The molecule has 3 aromatic rings. The van der Waals surface area contributed by atoms with Crippen LogP contribution in [0.3, 0.4) is 0 Å². The summed E-state index contributed by atoms with van der Waals surface area (Å²) < 4.78 is 35.0. The van der Waals surface area contributed by atoms with Crippen LogP contribution in [0.25, 0.3) is 11.4 Å². The molecule has 1 aliphatic rings. The minimum Gasteiger partial charge on any atom is -0.497 e. The highest BCUT2D eigenvalue weighted by molar-refractivity contribution is 7.89. The maximum absolute atomic E-state index is 13.0. The van der Waals surface area contributed by atoms with E-state index in [2.05, 4.69) is 14.5 Å². The first-order valence-electron chi connectivity index (χ1n) is 9.56. The molecule has 1 saturated heterocycles. The van der Waals surface area contributed by atoms with E-state index < -0.39 is 10.0 Å². The molecule has 1 aromatic carbocycles. The molecule has 1 atom stereocenters. The first kappa shape index (κ1) is 19.6. The van der Waals surface area contributed by atoms with Crippen molar-refractivity contribution in [3.05, 3.63) is 60.7 Å². The highest BCUT2D eigenvalue weighted by Gasteiger charge is 2.33. The van der Waals surface area contributed by atoms with Crippen LogP contribution in [-0.2, 0) is 16.6 Å². The molecule has 0 saturated carbocycles. The Bertz CT molecular complexity index is 1100. The van der Waals surface area contributed by atoms with Gasteiger partial charge in [0, 0.05) is 55.5 Å². The number of ether oxygens (including phenoxy) is 1. The Kier molecular flexibility index (Phi) is 5.38. The van der Waals surface area contributed by atoms with E-state index in [-0.39, 0.29) is 10.8 Å². The fourth-order valence-corrected chi connectivity index (χ4v) is 5.32. The lowest BCUT2D eigenvalue weighted by Crippen LogP contribution is -2.29. The van der Waals surface area contributed by atoms with Crippen molar-refractivity contribution in [3.63, 3.8) is 0 Å². The molecule has 2 aromatic heterocycles. The average Bonchev–Trinajstić information content (AvgIpc) is 3.37. The quantitative estimate of drug-likeness (QED) is 0.622. The molecule has 4 rings (SSSR count). The lowest BCUT2D eigenvalue weighted by Gasteiger charge is -2.18. The van der Waals surface area contributed by atoms with Crippen molar-refractivity contribution < 1.29 is 13.2 Å². The van der Waals surface area contributed by atoms with Crippen LogP contribution in [0.2, 0.25) is 0 Å². The van der Waals surface area contributed by atoms with Gasteiger partial charge in [0.05, 0.1) is 12.0 Å². The van der Waals surface area contributed by atoms with E-state index in [0.29, 0.717) is 18.8 Å². The summed E-state index contributed by atoms with van der Waals surface area (Å²) in [5.74, 6) is 1.63. The number of nitrogens with zero attached hydrogens (tertiary/aromatic N) is 4. The van der Waals surface area contributed by atoms with Crippen molar-refractivity contribution >= 4 is 10.0 Å². The zero-order valence-electron chi connectivity index (χ0n) is 16.5. The van der Waals surface area contributed by atoms with Crippen LogP contribution in [0.15, 0.2) is 59.9 Å². The van der Waals surface area contributed by atoms with Gasteiger partial charge in [-0.1, -0.05) is 6.07 Å². The third-order valence-electron chi connectivity index (χ3n) is 5.34. The molecule has 1 aliphatic heterocycles. The normalized spacial score (nSPS) is 17.5. The second-order valence-corrected chi connectivity index (χ2v) is 9.21. The van der Waals surface area contributed by atoms with Crippen LogP contribution in [0.5, 0.6) is 5.75 Å². The highest BCUT2D eigenvalue weighted by atomic mass is 32.2. The summed E-state index contributed by atoms with van der Waals surface area (Å²) in [6, 6.07) is 10.5. The summed E-state index contributed by atoms with van der Waals surface area (Å²) in [7, 11) is -2.00. The van der Waals surface area contributed by atoms with Gasteiger partial charge in [0.1, 0.15) is 11.6 Å². The Morgan fingerprint density at radius 1 is 1.21 bits per heavy atom. The zero-order chi connectivity index (χ0) is 20.4. The molecule has 29 heavy (non-hydrogen) atoms. The second kappa shape index (κ2) is 7.96. The lowest BCUT2D eigenvalue weighted by molar-refractivity contribution is 0.411. The van der Waals surface area contributed by atoms with E-state index in [1.54, 1.807) is 41.0 Å². The van der Waals surface area contributed by atoms with E-state index in [4.69, 9.17) is 4.74 Å². The van der Waals surface area contributed by atoms with Gasteiger partial charge < -0.3 is 9.30 Å². The van der Waals surface area contributed by atoms with Gasteiger partial charge in [-0.2, -0.15) is 4.31 Å². The van der Waals surface area contributed by atoms with Gasteiger partial charge in [0.2, 0.25) is 10.0 Å². The van der Waals surface area contributed by atoms with Crippen LogP contribution in [0.4, 0.5) is 0 Å². The van der Waals surface area contributed by atoms with Crippen molar-refractivity contribution in [1.82, 2.24) is 18.8 Å². The van der Waals surface area contributed by atoms with Gasteiger partial charge >= 0.3 is 0 Å². The molecule has 1 fully saturated rings. The summed E-state index contributed by atoms with van der Waals surface area (Å²) >= 11 is 0. The molecular formula is C21H24N4O3S. The minimum absolute atomic E-state index is 0.221. The lowest BCUT2D eigenvalue weighted by atomic mass is 10.1. The van der Waals surface area contributed by atoms with Gasteiger partial charge in [-0.3, -0.25) is 4.98 Å². The van der Waals surface area contributed by atoms with Crippen molar-refractivity contribution in [2.45, 2.75) is 24.8 Å². The summed E-state index contributed by atoms with van der Waals surface area (Å²) in [6.07, 6.45) is 6.20. The van der Waals surface area contributed by atoms with Crippen molar-refractivity contribution in [2.24, 2.45) is 5.92 Å². The Balaban J connectivity index is 1.52. The molecule has 0 bridgehead atoms. The molecule has 3 heterocycles. The number of aromatic nitrogens is 3. The van der Waals surface area contributed by atoms with E-state index in [1.807, 2.05) is 25.3 Å². The average molecular weight is 413 g/mol. The third-order valence-corrected chi connectivity index (χ3v) is 7.20. The monoisotopic (exact) mass is 412 g/mol. The SMILES string of the molecule is COc1cccc(S(=O)(=O)N2CCC(Cn3c(C)cnc3-c3cccnc3)C2)c1. The van der Waals surface area contributed by atoms with Crippen LogP contribution < -0.4 is 4.74 Å². The van der Waals surface area contributed by atoms with Crippen LogP contribution in [-0.4, -0.2) is 47.5 Å². The van der Waals surface area contributed by atoms with Crippen molar-refractivity contribution in [3.8, 4) is 17.1 Å². The van der Waals surface area contributed by atoms with Gasteiger partial charge in [0.25, 0.3) is 0 Å². The minimum atomic E-state index is -3.54. The van der Waals surface area contributed by atoms with Crippen LogP contribution in [0.1, 0.15) is 12.1 Å². The maximum Gasteiger partial charge on any atom is 0.243 e. The molecule has 0 spiro atoms. The third kappa shape index (κ3) is 3.90. The van der Waals surface area contributed by atoms with E-state index in [1.165, 1.54) is 7.11 Å². The Hall–Kier alpha value is -2.71. The molecular weight excluding hydrogens is 388 g/mol. The first-order valence-corrected chi connectivity index (χ1v) is 11.0. The fourth-order valence-electron chi connectivity index (χ4n) is 3.75. The van der Waals surface area contributed by atoms with E-state index in [0.717, 1.165) is 30.0 Å². The van der Waals surface area contributed by atoms with E-state index >= 15 is 0 Å². The first-order chi connectivity index (χ1) is 14.0. The molecule has 0 aliphatic carbocycles. The fraction of sp³-hybridized carbons (Fsp3) is 0.333. The van der Waals surface area contributed by atoms with Gasteiger partial charge in [-0.05, 0) is 43.5 Å². The number of imidazole rings is 1. The summed E-state index contributed by atoms with van der Waals surface area (Å²) in [5.41, 5.74) is 2.01. The number of rotatable bonds is 6. The number of benzene rings is 1. The van der Waals surface area contributed by atoms with Gasteiger partial charge in [-0.15, -0.1) is 0 Å². The summed E-state index contributed by atoms with van der Waals surface area (Å²) in [4.78, 5) is 8.99. The summed E-state index contributed by atoms with van der Waals surface area (Å²) in [5, 5.41) is 0. The number of aryl methyl sites for hydroxylation is 1.